The van der Waals surface area contributed by atoms with E-state index < -0.39 is 26.2 Å². The molecule has 174 valence electrons. The molecule has 1 amide bonds. The number of nitrogens with zero attached hydrogens (tertiary/aromatic N) is 3. The van der Waals surface area contributed by atoms with Crippen molar-refractivity contribution in [1.29, 1.82) is 0 Å². The molecule has 1 atom stereocenters. The number of benzene rings is 2. The van der Waals surface area contributed by atoms with Crippen LogP contribution in [-0.2, 0) is 31.3 Å². The Balaban J connectivity index is 1.73. The van der Waals surface area contributed by atoms with Gasteiger partial charge in [-0.25, -0.2) is 21.1 Å². The minimum Gasteiger partial charge on any atom is -0.481 e. The van der Waals surface area contributed by atoms with Gasteiger partial charge in [-0.1, -0.05) is 0 Å². The molecular weight excluding hydrogens is 454 g/mol. The number of ether oxygens (including phenoxy) is 1. The largest absolute Gasteiger partial charge is 0.481 e. The van der Waals surface area contributed by atoms with Gasteiger partial charge >= 0.3 is 0 Å². The molecule has 1 aliphatic heterocycles. The summed E-state index contributed by atoms with van der Waals surface area (Å²) in [5, 5.41) is 0. The normalized spacial score (nSPS) is 14.9. The van der Waals surface area contributed by atoms with E-state index in [1.807, 2.05) is 0 Å². The fourth-order valence-electron chi connectivity index (χ4n) is 3.38. The molecule has 0 N–H and O–H groups in total. The molecule has 0 bridgehead atoms. The van der Waals surface area contributed by atoms with Gasteiger partial charge in [-0.2, -0.15) is 0 Å². The van der Waals surface area contributed by atoms with Crippen LogP contribution in [0.3, 0.4) is 0 Å². The number of hydrogen-bond acceptors (Lipinski definition) is 6. The predicted molar refractivity (Wildman–Crippen MR) is 123 cm³/mol. The van der Waals surface area contributed by atoms with E-state index in [4.69, 9.17) is 4.74 Å². The van der Waals surface area contributed by atoms with E-state index >= 15 is 0 Å². The molecule has 0 saturated carbocycles. The van der Waals surface area contributed by atoms with Crippen molar-refractivity contribution in [3.05, 3.63) is 48.0 Å². The van der Waals surface area contributed by atoms with Gasteiger partial charge in [0.2, 0.25) is 20.0 Å². The van der Waals surface area contributed by atoms with Crippen LogP contribution < -0.4 is 13.9 Å². The van der Waals surface area contributed by atoms with Crippen LogP contribution in [0, 0.1) is 0 Å². The summed E-state index contributed by atoms with van der Waals surface area (Å²) in [4.78, 5) is 14.8. The van der Waals surface area contributed by atoms with E-state index in [-0.39, 0.29) is 10.8 Å². The molecule has 11 heteroatoms. The molecule has 0 aromatic heterocycles. The van der Waals surface area contributed by atoms with Crippen molar-refractivity contribution in [3.63, 3.8) is 0 Å². The molecule has 1 aliphatic rings. The maximum absolute atomic E-state index is 13.0. The van der Waals surface area contributed by atoms with E-state index in [0.717, 1.165) is 20.4 Å². The Bertz CT molecular complexity index is 1220. The zero-order chi connectivity index (χ0) is 23.8. The third-order valence-corrected chi connectivity index (χ3v) is 8.37. The summed E-state index contributed by atoms with van der Waals surface area (Å²) in [6.45, 7) is 2.08. The summed E-state index contributed by atoms with van der Waals surface area (Å²) < 4.78 is 56.1. The first-order valence-corrected chi connectivity index (χ1v) is 13.2. The number of carbonyl (C=O) groups is 1. The lowest BCUT2D eigenvalue weighted by Gasteiger charge is -2.23. The second-order valence-electron chi connectivity index (χ2n) is 7.80. The van der Waals surface area contributed by atoms with Crippen LogP contribution in [0.2, 0.25) is 0 Å². The average molecular weight is 482 g/mol. The lowest BCUT2D eigenvalue weighted by atomic mass is 10.2. The third kappa shape index (κ3) is 4.74. The van der Waals surface area contributed by atoms with Gasteiger partial charge in [-0.05, 0) is 61.4 Å². The molecule has 0 radical (unpaired) electrons. The standard InChI is InChI=1S/C21H27N3O6S2/c1-15(30-18-8-6-17(7-9-18)23(4)31(5,26)27)21(25)24-13-12-16-14-19(10-11-20(16)24)32(28,29)22(2)3/h6-11,14-15H,12-13H2,1-5H3/t15-/m1/s1. The number of carbonyl (C=O) groups excluding carboxylic acids is 1. The smallest absolute Gasteiger partial charge is 0.267 e. The van der Waals surface area contributed by atoms with Crippen molar-refractivity contribution in [3.8, 4) is 5.75 Å². The molecule has 9 nitrogen and oxygen atoms in total. The van der Waals surface area contributed by atoms with Crippen LogP contribution in [-0.4, -0.2) is 67.1 Å². The Morgan fingerprint density at radius 1 is 1.03 bits per heavy atom. The Morgan fingerprint density at radius 3 is 2.22 bits per heavy atom. The molecule has 0 saturated heterocycles. The molecule has 0 fully saturated rings. The minimum absolute atomic E-state index is 0.194. The van der Waals surface area contributed by atoms with E-state index in [1.165, 1.54) is 27.2 Å². The summed E-state index contributed by atoms with van der Waals surface area (Å²) in [6, 6.07) is 11.2. The van der Waals surface area contributed by atoms with Gasteiger partial charge in [0, 0.05) is 33.4 Å². The fourth-order valence-corrected chi connectivity index (χ4v) is 4.84. The monoisotopic (exact) mass is 481 g/mol. The molecule has 1 heterocycles. The summed E-state index contributed by atoms with van der Waals surface area (Å²) >= 11 is 0. The van der Waals surface area contributed by atoms with Crippen LogP contribution in [0.15, 0.2) is 47.4 Å². The van der Waals surface area contributed by atoms with Gasteiger partial charge < -0.3 is 9.64 Å². The fraction of sp³-hybridized carbons (Fsp3) is 0.381. The molecule has 3 rings (SSSR count). The molecule has 0 aliphatic carbocycles. The minimum atomic E-state index is -3.55. The van der Waals surface area contributed by atoms with Crippen LogP contribution in [0.5, 0.6) is 5.75 Å². The van der Waals surface area contributed by atoms with Gasteiger partial charge in [0.1, 0.15) is 5.75 Å². The summed E-state index contributed by atoms with van der Waals surface area (Å²) in [5.74, 6) is 0.188. The quantitative estimate of drug-likeness (QED) is 0.596. The average Bonchev–Trinajstić information content (AvgIpc) is 3.15. The van der Waals surface area contributed by atoms with Crippen LogP contribution in [0.1, 0.15) is 12.5 Å². The Kier molecular flexibility index (Phi) is 6.55. The van der Waals surface area contributed by atoms with Crippen LogP contribution >= 0.6 is 0 Å². The van der Waals surface area contributed by atoms with Gasteiger partial charge in [-0.3, -0.25) is 9.10 Å². The maximum Gasteiger partial charge on any atom is 0.267 e. The van der Waals surface area contributed by atoms with Gasteiger partial charge in [0.25, 0.3) is 5.91 Å². The second kappa shape index (κ2) is 8.72. The highest BCUT2D eigenvalue weighted by Gasteiger charge is 2.30. The highest BCUT2D eigenvalue weighted by molar-refractivity contribution is 7.92. The number of anilines is 2. The molecule has 0 spiro atoms. The maximum atomic E-state index is 13.0. The van der Waals surface area contributed by atoms with E-state index in [0.29, 0.717) is 30.1 Å². The first kappa shape index (κ1) is 24.0. The Morgan fingerprint density at radius 2 is 1.66 bits per heavy atom. The van der Waals surface area contributed by atoms with Gasteiger partial charge in [0.05, 0.1) is 16.8 Å². The SMILES string of the molecule is C[C@@H](Oc1ccc(N(C)S(C)(=O)=O)cc1)C(=O)N1CCc2cc(S(=O)(=O)N(C)C)ccc21. The van der Waals surface area contributed by atoms with Crippen molar-refractivity contribution in [2.45, 2.75) is 24.3 Å². The van der Waals surface area contributed by atoms with Gasteiger partial charge in [0.15, 0.2) is 6.10 Å². The number of rotatable bonds is 7. The Labute approximate surface area is 189 Å². The van der Waals surface area contributed by atoms with Crippen molar-refractivity contribution in [2.75, 3.05) is 43.1 Å². The number of hydrogen-bond donors (Lipinski definition) is 0. The molecule has 2 aromatic carbocycles. The lowest BCUT2D eigenvalue weighted by molar-refractivity contribution is -0.124. The van der Waals surface area contributed by atoms with Crippen molar-refractivity contribution in [2.24, 2.45) is 0 Å². The topological polar surface area (TPSA) is 104 Å². The van der Waals surface area contributed by atoms with E-state index in [2.05, 4.69) is 0 Å². The molecule has 0 unspecified atom stereocenters. The van der Waals surface area contributed by atoms with Crippen molar-refractivity contribution in [1.82, 2.24) is 4.31 Å². The zero-order valence-corrected chi connectivity index (χ0v) is 20.3. The first-order chi connectivity index (χ1) is 14.8. The lowest BCUT2D eigenvalue weighted by Crippen LogP contribution is -2.39. The molecule has 2 aromatic rings. The summed E-state index contributed by atoms with van der Waals surface area (Å²) in [5.41, 5.74) is 1.95. The molecular formula is C21H27N3O6S2. The number of sulfonamides is 2. The van der Waals surface area contributed by atoms with E-state index in [1.54, 1.807) is 48.2 Å². The zero-order valence-electron chi connectivity index (χ0n) is 18.6. The summed E-state index contributed by atoms with van der Waals surface area (Å²) in [7, 11) is -2.51. The van der Waals surface area contributed by atoms with Crippen molar-refractivity contribution >= 4 is 37.3 Å². The van der Waals surface area contributed by atoms with Gasteiger partial charge in [-0.15, -0.1) is 0 Å². The highest BCUT2D eigenvalue weighted by atomic mass is 32.2. The Hall–Kier alpha value is -2.63. The third-order valence-electron chi connectivity index (χ3n) is 5.35. The number of fused-ring (bicyclic) bond motifs is 1. The van der Waals surface area contributed by atoms with Crippen LogP contribution in [0.25, 0.3) is 0 Å². The summed E-state index contributed by atoms with van der Waals surface area (Å²) in [6.07, 6.45) is 0.881. The van der Waals surface area contributed by atoms with E-state index in [9.17, 15) is 21.6 Å². The van der Waals surface area contributed by atoms with Crippen molar-refractivity contribution < 1.29 is 26.4 Å². The first-order valence-electron chi connectivity index (χ1n) is 9.90. The second-order valence-corrected chi connectivity index (χ2v) is 12.0. The molecule has 32 heavy (non-hydrogen) atoms. The predicted octanol–water partition coefficient (Wildman–Crippen LogP) is 1.69. The highest BCUT2D eigenvalue weighted by Crippen LogP contribution is 2.32. The number of amides is 1. The van der Waals surface area contributed by atoms with Crippen LogP contribution in [0.4, 0.5) is 11.4 Å².